The third-order valence-electron chi connectivity index (χ3n) is 3.12. The lowest BCUT2D eigenvalue weighted by atomic mass is 9.93. The lowest BCUT2D eigenvalue weighted by molar-refractivity contribution is -0.157. The molecule has 0 aliphatic heterocycles. The fourth-order valence-corrected chi connectivity index (χ4v) is 2.53. The van der Waals surface area contributed by atoms with Crippen molar-refractivity contribution in [3.63, 3.8) is 0 Å². The van der Waals surface area contributed by atoms with E-state index >= 15 is 0 Å². The molecule has 0 spiro atoms. The Morgan fingerprint density at radius 1 is 1.40 bits per heavy atom. The lowest BCUT2D eigenvalue weighted by Gasteiger charge is -2.23. The Morgan fingerprint density at radius 2 is 2.05 bits per heavy atom. The van der Waals surface area contributed by atoms with Gasteiger partial charge in [-0.15, -0.1) is 0 Å². The first kappa shape index (κ1) is 16.7. The number of rotatable bonds is 7. The van der Waals surface area contributed by atoms with E-state index in [1.807, 2.05) is 25.2 Å². The Balaban J connectivity index is 3.19. The molecule has 1 aromatic rings. The number of benzene rings is 1. The molecule has 2 N–H and O–H groups in total. The summed E-state index contributed by atoms with van der Waals surface area (Å²) in [5.74, 6) is -0.783. The van der Waals surface area contributed by atoms with Gasteiger partial charge in [-0.05, 0) is 44.5 Å². The molecule has 20 heavy (non-hydrogen) atoms. The van der Waals surface area contributed by atoms with E-state index in [4.69, 9.17) is 9.53 Å². The summed E-state index contributed by atoms with van der Waals surface area (Å²) in [7, 11) is -1.03. The van der Waals surface area contributed by atoms with E-state index in [1.165, 1.54) is 6.92 Å². The highest BCUT2D eigenvalue weighted by Gasteiger charge is 2.35. The average molecular weight is 295 g/mol. The second-order valence-electron chi connectivity index (χ2n) is 5.32. The highest BCUT2D eigenvalue weighted by Crippen LogP contribution is 2.32. The zero-order chi connectivity index (χ0) is 15.3. The van der Waals surface area contributed by atoms with Gasteiger partial charge in [0.2, 0.25) is 0 Å². The van der Waals surface area contributed by atoms with Crippen LogP contribution >= 0.6 is 0 Å². The molecule has 111 valence electrons. The number of carbonyl (C=O) groups is 1. The molecule has 5 heteroatoms. The Labute approximate surface area is 122 Å². The van der Waals surface area contributed by atoms with Crippen LogP contribution in [0.15, 0.2) is 18.2 Å². The van der Waals surface area contributed by atoms with Gasteiger partial charge in [0.15, 0.2) is 5.60 Å². The summed E-state index contributed by atoms with van der Waals surface area (Å²) >= 11 is 0. The van der Waals surface area contributed by atoms with Crippen LogP contribution in [0, 0.1) is 0 Å². The number of unbranched alkanes of at least 4 members (excludes halogenated alkanes) is 1. The molecular weight excluding hydrogens is 272 g/mol. The van der Waals surface area contributed by atoms with Crippen molar-refractivity contribution in [2.75, 3.05) is 0 Å². The van der Waals surface area contributed by atoms with E-state index in [0.29, 0.717) is 11.3 Å². The molecule has 1 aromatic carbocycles. The van der Waals surface area contributed by atoms with Gasteiger partial charge in [0.25, 0.3) is 9.04 Å². The normalized spacial score (nSPS) is 14.1. The molecule has 4 nitrogen and oxygen atoms in total. The summed E-state index contributed by atoms with van der Waals surface area (Å²) in [6, 6.07) is 5.40. The van der Waals surface area contributed by atoms with Crippen molar-refractivity contribution >= 4 is 15.0 Å². The van der Waals surface area contributed by atoms with Crippen molar-refractivity contribution in [1.29, 1.82) is 0 Å². The van der Waals surface area contributed by atoms with Crippen molar-refractivity contribution in [3.05, 3.63) is 29.3 Å². The molecule has 1 atom stereocenters. The first-order valence-electron chi connectivity index (χ1n) is 6.86. The molecule has 0 aromatic heterocycles. The Morgan fingerprint density at radius 3 is 2.55 bits per heavy atom. The van der Waals surface area contributed by atoms with Crippen molar-refractivity contribution in [2.45, 2.75) is 51.8 Å². The van der Waals surface area contributed by atoms with E-state index in [1.54, 1.807) is 6.07 Å². The van der Waals surface area contributed by atoms with E-state index in [-0.39, 0.29) is 0 Å². The smallest absolute Gasteiger partial charge is 0.340 e. The first-order valence-corrected chi connectivity index (χ1v) is 9.27. The largest absolute Gasteiger partial charge is 0.542 e. The van der Waals surface area contributed by atoms with Crippen LogP contribution in [0.4, 0.5) is 0 Å². The van der Waals surface area contributed by atoms with Crippen LogP contribution in [0.25, 0.3) is 0 Å². The van der Waals surface area contributed by atoms with Crippen LogP contribution in [0.1, 0.15) is 37.8 Å². The van der Waals surface area contributed by atoms with E-state index in [9.17, 15) is 9.90 Å². The molecule has 0 aliphatic carbocycles. The van der Waals surface area contributed by atoms with Crippen LogP contribution in [0.5, 0.6) is 5.75 Å². The predicted octanol–water partition coefficient (Wildman–Crippen LogP) is 2.95. The Bertz CT molecular complexity index is 469. The minimum absolute atomic E-state index is 0.316. The monoisotopic (exact) mass is 295 g/mol. The van der Waals surface area contributed by atoms with E-state index in [2.05, 4.69) is 6.92 Å². The van der Waals surface area contributed by atoms with Crippen LogP contribution in [0.2, 0.25) is 13.1 Å². The van der Waals surface area contributed by atoms with Crippen molar-refractivity contribution in [2.24, 2.45) is 0 Å². The molecular formula is C15H23O4Si. The van der Waals surface area contributed by atoms with E-state index in [0.717, 1.165) is 24.8 Å². The number of hydrogen-bond donors (Lipinski definition) is 2. The Kier molecular flexibility index (Phi) is 5.77. The highest BCUT2D eigenvalue weighted by molar-refractivity contribution is 6.49. The van der Waals surface area contributed by atoms with Gasteiger partial charge in [-0.3, -0.25) is 0 Å². The van der Waals surface area contributed by atoms with Gasteiger partial charge in [-0.1, -0.05) is 25.5 Å². The first-order chi connectivity index (χ1) is 9.28. The zero-order valence-corrected chi connectivity index (χ0v) is 13.6. The maximum absolute atomic E-state index is 11.2. The molecule has 0 bridgehead atoms. The Hall–Kier alpha value is -1.33. The maximum atomic E-state index is 11.2. The molecule has 0 amide bonds. The average Bonchev–Trinajstić information content (AvgIpc) is 2.35. The van der Waals surface area contributed by atoms with Crippen LogP contribution in [-0.2, 0) is 16.8 Å². The molecule has 0 saturated heterocycles. The molecule has 0 heterocycles. The second kappa shape index (κ2) is 6.90. The summed E-state index contributed by atoms with van der Waals surface area (Å²) < 4.78 is 5.78. The standard InChI is InChI=1S/C15H23O4Si/c1-5-6-7-11-8-9-12(15(2,18)14(16)17)13(10-11)19-20(3)4/h8-10,18H,5-7H2,1-4H3,(H,16,17). The molecule has 0 aliphatic rings. The zero-order valence-electron chi connectivity index (χ0n) is 12.6. The van der Waals surface area contributed by atoms with Gasteiger partial charge in [0.1, 0.15) is 5.75 Å². The quantitative estimate of drug-likeness (QED) is 0.759. The van der Waals surface area contributed by atoms with Crippen LogP contribution < -0.4 is 4.43 Å². The highest BCUT2D eigenvalue weighted by atomic mass is 28.3. The summed E-state index contributed by atoms with van der Waals surface area (Å²) in [5.41, 5.74) is -0.512. The lowest BCUT2D eigenvalue weighted by Crippen LogP contribution is -2.33. The second-order valence-corrected chi connectivity index (χ2v) is 7.34. The maximum Gasteiger partial charge on any atom is 0.340 e. The minimum Gasteiger partial charge on any atom is -0.542 e. The fourth-order valence-electron chi connectivity index (χ4n) is 1.92. The number of aliphatic carboxylic acids is 1. The van der Waals surface area contributed by atoms with E-state index < -0.39 is 20.6 Å². The topological polar surface area (TPSA) is 66.8 Å². The minimum atomic E-state index is -1.93. The number of carboxylic acids is 1. The predicted molar refractivity (Wildman–Crippen MR) is 80.4 cm³/mol. The molecule has 1 rings (SSSR count). The summed E-state index contributed by atoms with van der Waals surface area (Å²) in [4.78, 5) is 11.2. The van der Waals surface area contributed by atoms with Crippen molar-refractivity contribution in [1.82, 2.24) is 0 Å². The van der Waals surface area contributed by atoms with Crippen LogP contribution in [-0.4, -0.2) is 25.2 Å². The fraction of sp³-hybridized carbons (Fsp3) is 0.533. The molecule has 0 saturated carbocycles. The third-order valence-corrected chi connectivity index (χ3v) is 3.75. The van der Waals surface area contributed by atoms with Gasteiger partial charge in [-0.25, -0.2) is 4.79 Å². The molecule has 1 unspecified atom stereocenters. The van der Waals surface area contributed by atoms with Gasteiger partial charge < -0.3 is 14.6 Å². The van der Waals surface area contributed by atoms with Crippen molar-refractivity contribution < 1.29 is 19.4 Å². The van der Waals surface area contributed by atoms with Gasteiger partial charge in [-0.2, -0.15) is 0 Å². The number of carboxylic acid groups (broad SMARTS) is 1. The van der Waals surface area contributed by atoms with Gasteiger partial charge >= 0.3 is 5.97 Å². The van der Waals surface area contributed by atoms with Gasteiger partial charge in [0.05, 0.1) is 0 Å². The number of hydrogen-bond acceptors (Lipinski definition) is 3. The molecule has 0 fully saturated rings. The number of aliphatic hydroxyl groups is 1. The number of aryl methyl sites for hydroxylation is 1. The summed E-state index contributed by atoms with van der Waals surface area (Å²) in [6.07, 6.45) is 3.10. The van der Waals surface area contributed by atoms with Gasteiger partial charge in [0, 0.05) is 5.56 Å². The molecule has 1 radical (unpaired) electrons. The summed E-state index contributed by atoms with van der Waals surface area (Å²) in [5, 5.41) is 19.3. The summed E-state index contributed by atoms with van der Waals surface area (Å²) in [6.45, 7) is 7.35. The van der Waals surface area contributed by atoms with Crippen LogP contribution in [0.3, 0.4) is 0 Å². The van der Waals surface area contributed by atoms with Crippen molar-refractivity contribution in [3.8, 4) is 5.75 Å². The SMILES string of the molecule is CCCCc1ccc(C(C)(O)C(=O)O)c(O[Si](C)C)c1. The third kappa shape index (κ3) is 4.08.